The Balaban J connectivity index is 2.83. The number of aliphatic hydroxyl groups is 1. The Hall–Kier alpha value is -2.45. The molecule has 0 spiro atoms. The van der Waals surface area contributed by atoms with Crippen molar-refractivity contribution in [3.63, 3.8) is 0 Å². The Labute approximate surface area is 178 Å². The molecule has 0 aliphatic heterocycles. The van der Waals surface area contributed by atoms with Crippen molar-refractivity contribution in [3.05, 3.63) is 35.9 Å². The van der Waals surface area contributed by atoms with Gasteiger partial charge >= 0.3 is 0 Å². The third-order valence-corrected chi connectivity index (χ3v) is 4.63. The molecule has 0 bridgehead atoms. The lowest BCUT2D eigenvalue weighted by molar-refractivity contribution is -0.151. The van der Waals surface area contributed by atoms with Gasteiger partial charge in [0.25, 0.3) is 5.91 Å². The topological polar surface area (TPSA) is 117 Å². The lowest BCUT2D eigenvalue weighted by Gasteiger charge is -2.32. The van der Waals surface area contributed by atoms with Crippen LogP contribution in [0.4, 0.5) is 0 Å². The van der Waals surface area contributed by atoms with Gasteiger partial charge < -0.3 is 15.7 Å². The van der Waals surface area contributed by atoms with Gasteiger partial charge in [0.2, 0.25) is 11.8 Å². The Morgan fingerprint density at radius 2 is 1.63 bits per heavy atom. The van der Waals surface area contributed by atoms with Gasteiger partial charge in [0.1, 0.15) is 12.1 Å². The molecule has 168 valence electrons. The van der Waals surface area contributed by atoms with E-state index in [0.717, 1.165) is 5.56 Å². The van der Waals surface area contributed by atoms with E-state index in [1.165, 1.54) is 7.05 Å². The second-order valence-electron chi connectivity index (χ2n) is 8.84. The lowest BCUT2D eigenvalue weighted by atomic mass is 9.84. The minimum Gasteiger partial charge on any atom is -0.382 e. The molecule has 0 fully saturated rings. The first-order valence-electron chi connectivity index (χ1n) is 10.1. The van der Waals surface area contributed by atoms with Crippen LogP contribution in [0.25, 0.3) is 0 Å². The Morgan fingerprint density at radius 3 is 2.13 bits per heavy atom. The van der Waals surface area contributed by atoms with E-state index in [4.69, 9.17) is 4.84 Å². The van der Waals surface area contributed by atoms with Crippen molar-refractivity contribution in [2.75, 3.05) is 7.05 Å². The van der Waals surface area contributed by atoms with E-state index in [1.807, 2.05) is 65.0 Å². The van der Waals surface area contributed by atoms with Crippen molar-refractivity contribution in [3.8, 4) is 0 Å². The molecular weight excluding hydrogens is 386 g/mol. The highest BCUT2D eigenvalue weighted by molar-refractivity contribution is 5.92. The molecule has 0 saturated carbocycles. The van der Waals surface area contributed by atoms with Crippen LogP contribution in [-0.2, 0) is 25.8 Å². The normalized spacial score (nSPS) is 14.5. The molecule has 30 heavy (non-hydrogen) atoms. The molecule has 1 aromatic carbocycles. The quantitative estimate of drug-likeness (QED) is 0.428. The van der Waals surface area contributed by atoms with Gasteiger partial charge in [-0.15, -0.1) is 0 Å². The van der Waals surface area contributed by atoms with Gasteiger partial charge in [-0.1, -0.05) is 65.0 Å². The summed E-state index contributed by atoms with van der Waals surface area (Å²) in [5.41, 5.74) is 2.51. The third kappa shape index (κ3) is 8.12. The van der Waals surface area contributed by atoms with E-state index >= 15 is 0 Å². The number of hydrogen-bond acceptors (Lipinski definition) is 5. The van der Waals surface area contributed by atoms with Crippen LogP contribution in [0.2, 0.25) is 0 Å². The molecular formula is C22H35N3O5. The van der Waals surface area contributed by atoms with Crippen molar-refractivity contribution in [2.24, 2.45) is 17.3 Å². The molecule has 0 saturated heterocycles. The molecule has 3 atom stereocenters. The van der Waals surface area contributed by atoms with E-state index in [9.17, 15) is 19.5 Å². The second kappa shape index (κ2) is 11.7. The van der Waals surface area contributed by atoms with Crippen molar-refractivity contribution in [1.82, 2.24) is 16.1 Å². The molecule has 4 N–H and O–H groups in total. The summed E-state index contributed by atoms with van der Waals surface area (Å²) in [6, 6.07) is 8.41. The zero-order valence-corrected chi connectivity index (χ0v) is 18.7. The average molecular weight is 422 g/mol. The van der Waals surface area contributed by atoms with Crippen LogP contribution in [0.5, 0.6) is 0 Å². The summed E-state index contributed by atoms with van der Waals surface area (Å²) < 4.78 is 0. The monoisotopic (exact) mass is 421 g/mol. The highest BCUT2D eigenvalue weighted by Crippen LogP contribution is 2.22. The molecule has 0 unspecified atom stereocenters. The first-order chi connectivity index (χ1) is 14.0. The van der Waals surface area contributed by atoms with Crippen molar-refractivity contribution in [1.29, 1.82) is 0 Å². The third-order valence-electron chi connectivity index (χ3n) is 4.63. The number of carbonyl (C=O) groups excluding carboxylic acids is 3. The highest BCUT2D eigenvalue weighted by Gasteiger charge is 2.38. The van der Waals surface area contributed by atoms with Crippen LogP contribution in [0.3, 0.4) is 0 Å². The zero-order valence-electron chi connectivity index (χ0n) is 18.7. The maximum absolute atomic E-state index is 12.9. The van der Waals surface area contributed by atoms with Gasteiger partial charge in [-0.05, 0) is 23.3 Å². The van der Waals surface area contributed by atoms with E-state index in [-0.39, 0.29) is 24.9 Å². The van der Waals surface area contributed by atoms with Crippen molar-refractivity contribution >= 4 is 17.7 Å². The van der Waals surface area contributed by atoms with Gasteiger partial charge in [0.15, 0.2) is 0 Å². The summed E-state index contributed by atoms with van der Waals surface area (Å²) in [6.07, 6.45) is -1.35. The average Bonchev–Trinajstić information content (AvgIpc) is 2.68. The largest absolute Gasteiger partial charge is 0.382 e. The number of rotatable bonds is 10. The van der Waals surface area contributed by atoms with E-state index in [0.29, 0.717) is 0 Å². The minimum atomic E-state index is -1.62. The summed E-state index contributed by atoms with van der Waals surface area (Å²) in [6.45, 7) is 9.37. The van der Waals surface area contributed by atoms with Crippen LogP contribution >= 0.6 is 0 Å². The Bertz CT molecular complexity index is 700. The predicted molar refractivity (Wildman–Crippen MR) is 114 cm³/mol. The molecule has 0 aliphatic carbocycles. The standard InChI is InChI=1S/C22H35N3O5/c1-14(2)12-16(19(27)24-18(21(29)23-6)22(3,4)5)17(26)20(28)25-30-13-15-10-8-7-9-11-15/h7-11,14,16-18,26H,12-13H2,1-6H3,(H,23,29)(H,24,27)(H,25,28)/t16-,17+,18+/m0/s1. The van der Waals surface area contributed by atoms with Gasteiger partial charge in [0.05, 0.1) is 12.5 Å². The SMILES string of the molecule is CNC(=O)[C@@H](NC(=O)[C@@H](CC(C)C)[C@@H](O)C(=O)NOCc1ccccc1)C(C)(C)C. The Kier molecular flexibility index (Phi) is 9.95. The maximum Gasteiger partial charge on any atom is 0.273 e. The van der Waals surface area contributed by atoms with E-state index < -0.39 is 35.3 Å². The maximum atomic E-state index is 12.9. The lowest BCUT2D eigenvalue weighted by Crippen LogP contribution is -2.56. The number of aliphatic hydroxyl groups excluding tert-OH is 1. The summed E-state index contributed by atoms with van der Waals surface area (Å²) >= 11 is 0. The number of hydroxylamine groups is 1. The summed E-state index contributed by atoms with van der Waals surface area (Å²) in [7, 11) is 1.49. The smallest absolute Gasteiger partial charge is 0.273 e. The first-order valence-corrected chi connectivity index (χ1v) is 10.1. The molecule has 3 amide bonds. The van der Waals surface area contributed by atoms with Crippen molar-refractivity contribution < 1.29 is 24.3 Å². The summed E-state index contributed by atoms with van der Waals surface area (Å²) in [5, 5.41) is 15.8. The highest BCUT2D eigenvalue weighted by atomic mass is 16.7. The van der Waals surface area contributed by atoms with Crippen LogP contribution in [0.15, 0.2) is 30.3 Å². The number of amides is 3. The molecule has 1 rings (SSSR count). The molecule has 8 heteroatoms. The summed E-state index contributed by atoms with van der Waals surface area (Å²) in [5.74, 6) is -2.69. The molecule has 8 nitrogen and oxygen atoms in total. The fourth-order valence-corrected chi connectivity index (χ4v) is 2.96. The van der Waals surface area contributed by atoms with E-state index in [1.54, 1.807) is 0 Å². The van der Waals surface area contributed by atoms with Gasteiger partial charge in [-0.25, -0.2) is 5.48 Å². The zero-order chi connectivity index (χ0) is 22.9. The number of hydrogen-bond donors (Lipinski definition) is 4. The minimum absolute atomic E-state index is 0.0431. The number of carbonyl (C=O) groups is 3. The van der Waals surface area contributed by atoms with Gasteiger partial charge in [-0.2, -0.15) is 0 Å². The molecule has 0 aliphatic rings. The van der Waals surface area contributed by atoms with Crippen LogP contribution < -0.4 is 16.1 Å². The van der Waals surface area contributed by atoms with Crippen molar-refractivity contribution in [2.45, 2.75) is 59.8 Å². The van der Waals surface area contributed by atoms with Gasteiger partial charge in [0, 0.05) is 7.05 Å². The number of benzene rings is 1. The molecule has 0 aromatic heterocycles. The summed E-state index contributed by atoms with van der Waals surface area (Å²) in [4.78, 5) is 42.7. The van der Waals surface area contributed by atoms with E-state index in [2.05, 4.69) is 16.1 Å². The van der Waals surface area contributed by atoms with Crippen LogP contribution in [-0.4, -0.2) is 42.0 Å². The predicted octanol–water partition coefficient (Wildman–Crippen LogP) is 1.53. The Morgan fingerprint density at radius 1 is 1.03 bits per heavy atom. The molecule has 0 heterocycles. The fraction of sp³-hybridized carbons (Fsp3) is 0.591. The van der Waals surface area contributed by atoms with Crippen LogP contribution in [0.1, 0.15) is 46.6 Å². The second-order valence-corrected chi connectivity index (χ2v) is 8.84. The molecule has 0 radical (unpaired) electrons. The van der Waals surface area contributed by atoms with Gasteiger partial charge in [-0.3, -0.25) is 19.2 Å². The van der Waals surface area contributed by atoms with Crippen LogP contribution in [0, 0.1) is 17.3 Å². The molecule has 1 aromatic rings. The number of likely N-dealkylation sites (N-methyl/N-ethyl adjacent to an activating group) is 1. The first kappa shape index (κ1) is 25.6. The number of nitrogens with one attached hydrogen (secondary N) is 3. The fourth-order valence-electron chi connectivity index (χ4n) is 2.96.